The molecule has 5 atom stereocenters. The maximum Gasteiger partial charge on any atom is 0.310 e. The number of esters is 1. The number of rotatable bonds is 1. The summed E-state index contributed by atoms with van der Waals surface area (Å²) in [6.07, 6.45) is 3.97. The van der Waals surface area contributed by atoms with E-state index >= 15 is 0 Å². The number of allylic oxidation sites excluding steroid dienone is 1. The number of piperidine rings is 3. The van der Waals surface area contributed by atoms with Gasteiger partial charge in [-0.2, -0.15) is 0 Å². The minimum atomic E-state index is -0.100. The number of phenols is 1. The molecule has 4 aliphatic rings. The van der Waals surface area contributed by atoms with Crippen molar-refractivity contribution in [2.45, 2.75) is 31.8 Å². The standard InChI is InChI=1S/C21H24N2O3/c1-4-11-10-23-17-9-15-14-7-12(24)5-6-16(14)22(2)20(15)18(23)8-13(11)19(17)21(25)26-3/h4-7,13,17-19,24H,8-10H2,1-3H3/t13-,17-,18-,19-/m0/s1. The fourth-order valence-corrected chi connectivity index (χ4v) is 5.82. The third-order valence-corrected chi connectivity index (χ3v) is 6.90. The highest BCUT2D eigenvalue weighted by atomic mass is 16.5. The van der Waals surface area contributed by atoms with Gasteiger partial charge in [0, 0.05) is 36.2 Å². The SMILES string of the molecule is CC=C1CN2[C@H]3C[C@@H]1[C@H](C(=O)OC)[C@@H]2Cc1c3n(C)c2ccc(O)cc12. The van der Waals surface area contributed by atoms with Gasteiger partial charge in [0.05, 0.1) is 19.1 Å². The zero-order valence-corrected chi connectivity index (χ0v) is 15.4. The molecule has 2 aromatic rings. The summed E-state index contributed by atoms with van der Waals surface area (Å²) in [6, 6.07) is 6.12. The van der Waals surface area contributed by atoms with Gasteiger partial charge in [-0.1, -0.05) is 11.6 Å². The number of phenolic OH excluding ortho intramolecular Hbond substituents is 1. The van der Waals surface area contributed by atoms with Crippen LogP contribution in [0.2, 0.25) is 0 Å². The lowest BCUT2D eigenvalue weighted by atomic mass is 9.64. The predicted molar refractivity (Wildman–Crippen MR) is 98.9 cm³/mol. The molecule has 136 valence electrons. The van der Waals surface area contributed by atoms with Gasteiger partial charge in [0.15, 0.2) is 0 Å². The van der Waals surface area contributed by atoms with Crippen LogP contribution in [0.25, 0.3) is 10.9 Å². The highest BCUT2D eigenvalue weighted by Gasteiger charge is 2.55. The Kier molecular flexibility index (Phi) is 3.29. The summed E-state index contributed by atoms with van der Waals surface area (Å²) in [4.78, 5) is 15.1. The number of methoxy groups -OCH3 is 1. The van der Waals surface area contributed by atoms with Crippen molar-refractivity contribution in [2.24, 2.45) is 18.9 Å². The van der Waals surface area contributed by atoms with E-state index in [4.69, 9.17) is 4.74 Å². The van der Waals surface area contributed by atoms with Gasteiger partial charge >= 0.3 is 5.97 Å². The Bertz CT molecular complexity index is 958. The van der Waals surface area contributed by atoms with Gasteiger partial charge in [0.2, 0.25) is 0 Å². The van der Waals surface area contributed by atoms with Crippen LogP contribution in [0.4, 0.5) is 0 Å². The van der Waals surface area contributed by atoms with E-state index in [1.807, 2.05) is 12.1 Å². The molecule has 5 heteroatoms. The van der Waals surface area contributed by atoms with Crippen LogP contribution in [0.5, 0.6) is 5.75 Å². The summed E-state index contributed by atoms with van der Waals surface area (Å²) >= 11 is 0. The van der Waals surface area contributed by atoms with Crippen LogP contribution in [0.15, 0.2) is 29.8 Å². The summed E-state index contributed by atoms with van der Waals surface area (Å²) < 4.78 is 7.47. The van der Waals surface area contributed by atoms with E-state index in [9.17, 15) is 9.90 Å². The molecule has 0 radical (unpaired) electrons. The lowest BCUT2D eigenvalue weighted by molar-refractivity contribution is -0.157. The topological polar surface area (TPSA) is 54.7 Å². The largest absolute Gasteiger partial charge is 0.508 e. The Hall–Kier alpha value is -2.27. The number of fused-ring (bicyclic) bond motifs is 4. The van der Waals surface area contributed by atoms with Crippen LogP contribution in [0.3, 0.4) is 0 Å². The third-order valence-electron chi connectivity index (χ3n) is 6.90. The predicted octanol–water partition coefficient (Wildman–Crippen LogP) is 2.92. The second-order valence-corrected chi connectivity index (χ2v) is 7.84. The minimum Gasteiger partial charge on any atom is -0.508 e. The second-order valence-electron chi connectivity index (χ2n) is 7.84. The minimum absolute atomic E-state index is 0.0889. The van der Waals surface area contributed by atoms with E-state index in [1.165, 1.54) is 23.9 Å². The molecular formula is C21H24N2O3. The van der Waals surface area contributed by atoms with Crippen LogP contribution in [-0.4, -0.2) is 40.2 Å². The quantitative estimate of drug-likeness (QED) is 0.633. The fourth-order valence-electron chi connectivity index (χ4n) is 5.82. The van der Waals surface area contributed by atoms with E-state index < -0.39 is 0 Å². The van der Waals surface area contributed by atoms with Crippen LogP contribution < -0.4 is 0 Å². The maximum absolute atomic E-state index is 12.6. The molecule has 4 aliphatic heterocycles. The number of nitrogens with zero attached hydrogens (tertiary/aromatic N) is 2. The van der Waals surface area contributed by atoms with Crippen molar-refractivity contribution in [3.05, 3.63) is 41.1 Å². The van der Waals surface area contributed by atoms with Crippen molar-refractivity contribution in [1.29, 1.82) is 0 Å². The van der Waals surface area contributed by atoms with E-state index in [0.29, 0.717) is 11.8 Å². The maximum atomic E-state index is 12.6. The molecule has 0 amide bonds. The Morgan fingerprint density at radius 3 is 2.92 bits per heavy atom. The summed E-state index contributed by atoms with van der Waals surface area (Å²) in [5.74, 6) is 0.377. The first-order valence-corrected chi connectivity index (χ1v) is 9.34. The van der Waals surface area contributed by atoms with Gasteiger partial charge in [-0.3, -0.25) is 9.69 Å². The van der Waals surface area contributed by atoms with Crippen molar-refractivity contribution in [3.8, 4) is 5.75 Å². The lowest BCUT2D eigenvalue weighted by Crippen LogP contribution is -2.62. The Balaban J connectivity index is 1.71. The van der Waals surface area contributed by atoms with Gasteiger partial charge < -0.3 is 14.4 Å². The number of carbonyl (C=O) groups is 1. The molecule has 1 N–H and O–H groups in total. The van der Waals surface area contributed by atoms with E-state index in [0.717, 1.165) is 30.3 Å². The number of ether oxygens (including phenoxy) is 1. The molecule has 1 aromatic heterocycles. The number of hydrogen-bond donors (Lipinski definition) is 1. The zero-order chi connectivity index (χ0) is 18.2. The molecule has 0 saturated carbocycles. The Morgan fingerprint density at radius 1 is 1.38 bits per heavy atom. The van der Waals surface area contributed by atoms with E-state index in [2.05, 4.69) is 29.5 Å². The van der Waals surface area contributed by atoms with Crippen LogP contribution in [-0.2, 0) is 23.0 Å². The Labute approximate surface area is 152 Å². The van der Waals surface area contributed by atoms with Gasteiger partial charge in [0.25, 0.3) is 0 Å². The van der Waals surface area contributed by atoms with Crippen LogP contribution in [0, 0.1) is 11.8 Å². The molecule has 5 heterocycles. The van der Waals surface area contributed by atoms with E-state index in [1.54, 1.807) is 6.07 Å². The monoisotopic (exact) mass is 352 g/mol. The third kappa shape index (κ3) is 1.87. The average Bonchev–Trinajstić information content (AvgIpc) is 2.92. The molecule has 6 rings (SSSR count). The molecular weight excluding hydrogens is 328 g/mol. The van der Waals surface area contributed by atoms with Gasteiger partial charge in [-0.05, 0) is 49.4 Å². The molecule has 26 heavy (non-hydrogen) atoms. The average molecular weight is 352 g/mol. The number of hydrogen-bond acceptors (Lipinski definition) is 4. The number of aromatic hydroxyl groups is 1. The van der Waals surface area contributed by atoms with Gasteiger partial charge in [-0.25, -0.2) is 0 Å². The summed E-state index contributed by atoms with van der Waals surface area (Å²) in [5, 5.41) is 11.1. The summed E-state index contributed by atoms with van der Waals surface area (Å²) in [6.45, 7) is 3.02. The molecule has 4 bridgehead atoms. The molecule has 0 spiro atoms. The normalized spacial score (nSPS) is 33.5. The molecule has 0 aliphatic carbocycles. The molecule has 1 aromatic carbocycles. The zero-order valence-electron chi connectivity index (χ0n) is 15.4. The summed E-state index contributed by atoms with van der Waals surface area (Å²) in [5.41, 5.74) is 5.16. The number of carbonyl (C=O) groups excluding carboxylic acids is 1. The van der Waals surface area contributed by atoms with Crippen LogP contribution >= 0.6 is 0 Å². The van der Waals surface area contributed by atoms with Crippen molar-refractivity contribution in [1.82, 2.24) is 9.47 Å². The highest BCUT2D eigenvalue weighted by Crippen LogP contribution is 2.55. The lowest BCUT2D eigenvalue weighted by Gasteiger charge is -2.57. The molecule has 3 saturated heterocycles. The summed E-state index contributed by atoms with van der Waals surface area (Å²) in [7, 11) is 3.62. The first kappa shape index (κ1) is 15.9. The smallest absolute Gasteiger partial charge is 0.310 e. The van der Waals surface area contributed by atoms with E-state index in [-0.39, 0.29) is 23.8 Å². The van der Waals surface area contributed by atoms with Crippen molar-refractivity contribution in [3.63, 3.8) is 0 Å². The van der Waals surface area contributed by atoms with Gasteiger partial charge in [0.1, 0.15) is 5.75 Å². The first-order chi connectivity index (χ1) is 12.5. The first-order valence-electron chi connectivity index (χ1n) is 9.34. The van der Waals surface area contributed by atoms with Crippen molar-refractivity contribution < 1.29 is 14.6 Å². The number of aromatic nitrogens is 1. The van der Waals surface area contributed by atoms with Crippen LogP contribution in [0.1, 0.15) is 30.6 Å². The van der Waals surface area contributed by atoms with Crippen molar-refractivity contribution in [2.75, 3.05) is 13.7 Å². The fraction of sp³-hybridized carbons (Fsp3) is 0.476. The van der Waals surface area contributed by atoms with Crippen molar-refractivity contribution >= 4 is 16.9 Å². The molecule has 1 unspecified atom stereocenters. The Morgan fingerprint density at radius 2 is 2.19 bits per heavy atom. The number of benzene rings is 1. The second kappa shape index (κ2) is 5.36. The van der Waals surface area contributed by atoms with Gasteiger partial charge in [-0.15, -0.1) is 0 Å². The molecule has 5 nitrogen and oxygen atoms in total. The molecule has 3 fully saturated rings. The highest BCUT2D eigenvalue weighted by molar-refractivity contribution is 5.88. The number of aryl methyl sites for hydroxylation is 1.